The van der Waals surface area contributed by atoms with E-state index in [1.54, 1.807) is 0 Å². The number of aryl methyl sites for hydroxylation is 1. The van der Waals surface area contributed by atoms with Crippen LogP contribution >= 0.6 is 15.9 Å². The lowest BCUT2D eigenvalue weighted by atomic mass is 9.83. The number of hydrogen-bond donors (Lipinski definition) is 0. The number of rotatable bonds is 2. The molecule has 0 saturated carbocycles. The first kappa shape index (κ1) is 13.2. The molecule has 0 N–H and O–H groups in total. The number of alkyl halides is 1. The normalized spacial score (nSPS) is 26.3. The highest BCUT2D eigenvalue weighted by Gasteiger charge is 2.33. The Bertz CT molecular complexity index is 474. The molecule has 2 unspecified atom stereocenters. The van der Waals surface area contributed by atoms with Crippen molar-refractivity contribution in [2.75, 3.05) is 11.9 Å². The molecule has 102 valence electrons. The zero-order valence-corrected chi connectivity index (χ0v) is 12.7. The minimum atomic E-state index is 0.203. The van der Waals surface area contributed by atoms with Gasteiger partial charge in [0.15, 0.2) is 0 Å². The highest BCUT2D eigenvalue weighted by atomic mass is 79.9. The second-order valence-corrected chi connectivity index (χ2v) is 6.34. The number of likely N-dealkylation sites (tertiary alicyclic amines) is 1. The molecule has 0 radical (unpaired) electrons. The van der Waals surface area contributed by atoms with Crippen LogP contribution < -0.4 is 0 Å². The van der Waals surface area contributed by atoms with Crippen LogP contribution in [0.4, 0.5) is 0 Å². The highest BCUT2D eigenvalue weighted by molar-refractivity contribution is 9.09. The zero-order chi connectivity index (χ0) is 13.2. The van der Waals surface area contributed by atoms with Gasteiger partial charge in [0, 0.05) is 23.8 Å². The number of halogens is 1. The molecular weight excluding hydrogens is 302 g/mol. The lowest BCUT2D eigenvalue weighted by Crippen LogP contribution is -2.42. The first-order valence-electron chi connectivity index (χ1n) is 7.23. The molecule has 1 saturated heterocycles. The number of carbonyl (C=O) groups is 1. The number of nitrogens with zero attached hydrogens (tertiary/aromatic N) is 1. The maximum absolute atomic E-state index is 12.7. The molecule has 3 rings (SSSR count). The Morgan fingerprint density at radius 3 is 2.84 bits per heavy atom. The molecule has 2 aliphatic rings. The Morgan fingerprint density at radius 2 is 2.05 bits per heavy atom. The second kappa shape index (κ2) is 5.66. The zero-order valence-electron chi connectivity index (χ0n) is 11.1. The van der Waals surface area contributed by atoms with Gasteiger partial charge in [-0.3, -0.25) is 4.79 Å². The third kappa shape index (κ3) is 2.58. The van der Waals surface area contributed by atoms with Gasteiger partial charge in [-0.2, -0.15) is 0 Å². The van der Waals surface area contributed by atoms with E-state index in [1.807, 2.05) is 0 Å². The Kier molecular flexibility index (Phi) is 3.92. The lowest BCUT2D eigenvalue weighted by Gasteiger charge is -2.30. The van der Waals surface area contributed by atoms with Crippen molar-refractivity contribution in [3.05, 3.63) is 35.4 Å². The van der Waals surface area contributed by atoms with Crippen molar-refractivity contribution in [3.8, 4) is 0 Å². The van der Waals surface area contributed by atoms with Crippen molar-refractivity contribution in [1.29, 1.82) is 0 Å². The van der Waals surface area contributed by atoms with Gasteiger partial charge in [-0.1, -0.05) is 40.2 Å². The van der Waals surface area contributed by atoms with Crippen molar-refractivity contribution >= 4 is 21.8 Å². The van der Waals surface area contributed by atoms with Crippen molar-refractivity contribution < 1.29 is 4.79 Å². The Hall–Kier alpha value is -0.830. The van der Waals surface area contributed by atoms with Gasteiger partial charge in [0.05, 0.1) is 0 Å². The summed E-state index contributed by atoms with van der Waals surface area (Å²) in [6.07, 6.45) is 5.31. The molecule has 0 spiro atoms. The molecule has 1 heterocycles. The average Bonchev–Trinajstić information content (AvgIpc) is 2.94. The largest absolute Gasteiger partial charge is 0.339 e. The Balaban J connectivity index is 1.72. The molecular formula is C16H20BrNO. The van der Waals surface area contributed by atoms with Crippen LogP contribution in [0.25, 0.3) is 0 Å². The number of benzene rings is 1. The van der Waals surface area contributed by atoms with Crippen molar-refractivity contribution in [2.45, 2.75) is 38.1 Å². The van der Waals surface area contributed by atoms with Gasteiger partial charge in [-0.25, -0.2) is 0 Å². The quantitative estimate of drug-likeness (QED) is 0.766. The molecule has 3 heteroatoms. The molecule has 2 nitrogen and oxygen atoms in total. The predicted molar refractivity (Wildman–Crippen MR) is 80.5 cm³/mol. The minimum Gasteiger partial charge on any atom is -0.339 e. The van der Waals surface area contributed by atoms with Gasteiger partial charge in [0.25, 0.3) is 0 Å². The SMILES string of the molecule is O=C(C1CCc2ccccc2C1)N1CCCC1CBr. The fraction of sp³-hybridized carbons (Fsp3) is 0.562. The number of fused-ring (bicyclic) bond motifs is 1. The average molecular weight is 322 g/mol. The monoisotopic (exact) mass is 321 g/mol. The van der Waals surface area contributed by atoms with Crippen LogP contribution in [0, 0.1) is 5.92 Å². The van der Waals surface area contributed by atoms with E-state index in [4.69, 9.17) is 0 Å². The van der Waals surface area contributed by atoms with Gasteiger partial charge in [-0.05, 0) is 43.2 Å². The molecule has 1 fully saturated rings. The van der Waals surface area contributed by atoms with Crippen LogP contribution in [-0.4, -0.2) is 28.7 Å². The van der Waals surface area contributed by atoms with Crippen molar-refractivity contribution in [1.82, 2.24) is 4.90 Å². The smallest absolute Gasteiger partial charge is 0.226 e. The molecule has 19 heavy (non-hydrogen) atoms. The van der Waals surface area contributed by atoms with E-state index in [-0.39, 0.29) is 5.92 Å². The van der Waals surface area contributed by atoms with Crippen LogP contribution in [0.15, 0.2) is 24.3 Å². The Morgan fingerprint density at radius 1 is 1.26 bits per heavy atom. The fourth-order valence-corrected chi connectivity index (χ4v) is 4.10. The molecule has 1 aromatic carbocycles. The van der Waals surface area contributed by atoms with Gasteiger partial charge in [-0.15, -0.1) is 0 Å². The number of amides is 1. The van der Waals surface area contributed by atoms with Crippen LogP contribution in [0.3, 0.4) is 0 Å². The van der Waals surface area contributed by atoms with Crippen molar-refractivity contribution in [3.63, 3.8) is 0 Å². The molecule has 0 bridgehead atoms. The van der Waals surface area contributed by atoms with Gasteiger partial charge < -0.3 is 4.90 Å². The fourth-order valence-electron chi connectivity index (χ4n) is 3.43. The van der Waals surface area contributed by atoms with Gasteiger partial charge >= 0.3 is 0 Å². The first-order chi connectivity index (χ1) is 9.29. The standard InChI is InChI=1S/C16H20BrNO/c17-11-15-6-3-9-18(15)16(19)14-8-7-12-4-1-2-5-13(12)10-14/h1-2,4-5,14-15H,3,6-11H2. The highest BCUT2D eigenvalue weighted by Crippen LogP contribution is 2.29. The summed E-state index contributed by atoms with van der Waals surface area (Å²) in [5.74, 6) is 0.589. The lowest BCUT2D eigenvalue weighted by molar-refractivity contribution is -0.136. The topological polar surface area (TPSA) is 20.3 Å². The van der Waals surface area contributed by atoms with E-state index in [0.717, 1.165) is 44.0 Å². The first-order valence-corrected chi connectivity index (χ1v) is 8.35. The van der Waals surface area contributed by atoms with E-state index in [1.165, 1.54) is 11.1 Å². The maximum atomic E-state index is 12.7. The van der Waals surface area contributed by atoms with E-state index in [9.17, 15) is 4.79 Å². The van der Waals surface area contributed by atoms with E-state index in [2.05, 4.69) is 45.1 Å². The molecule has 1 amide bonds. The van der Waals surface area contributed by atoms with Crippen LogP contribution in [0.5, 0.6) is 0 Å². The van der Waals surface area contributed by atoms with E-state index in [0.29, 0.717) is 11.9 Å². The molecule has 1 aliphatic carbocycles. The third-order valence-electron chi connectivity index (χ3n) is 4.53. The maximum Gasteiger partial charge on any atom is 0.226 e. The summed E-state index contributed by atoms with van der Waals surface area (Å²) in [5, 5.41) is 0.919. The molecule has 1 aliphatic heterocycles. The summed E-state index contributed by atoms with van der Waals surface area (Å²) in [4.78, 5) is 14.8. The summed E-state index contributed by atoms with van der Waals surface area (Å²) in [6, 6.07) is 8.99. The number of carbonyl (C=O) groups excluding carboxylic acids is 1. The summed E-state index contributed by atoms with van der Waals surface area (Å²) in [6.45, 7) is 0.952. The van der Waals surface area contributed by atoms with Crippen LogP contribution in [-0.2, 0) is 17.6 Å². The summed E-state index contributed by atoms with van der Waals surface area (Å²) in [5.41, 5.74) is 2.81. The molecule has 1 aromatic rings. The van der Waals surface area contributed by atoms with Crippen molar-refractivity contribution in [2.24, 2.45) is 5.92 Å². The summed E-state index contributed by atoms with van der Waals surface area (Å²) < 4.78 is 0. The third-order valence-corrected chi connectivity index (χ3v) is 5.28. The van der Waals surface area contributed by atoms with E-state index >= 15 is 0 Å². The van der Waals surface area contributed by atoms with Crippen LogP contribution in [0.1, 0.15) is 30.4 Å². The Labute approximate surface area is 123 Å². The van der Waals surface area contributed by atoms with E-state index < -0.39 is 0 Å². The van der Waals surface area contributed by atoms with Gasteiger partial charge in [0.2, 0.25) is 5.91 Å². The predicted octanol–water partition coefficient (Wildman–Crippen LogP) is 3.18. The molecule has 2 atom stereocenters. The summed E-state index contributed by atoms with van der Waals surface area (Å²) >= 11 is 3.54. The second-order valence-electron chi connectivity index (χ2n) is 5.69. The number of hydrogen-bond acceptors (Lipinski definition) is 1. The summed E-state index contributed by atoms with van der Waals surface area (Å²) in [7, 11) is 0. The van der Waals surface area contributed by atoms with Gasteiger partial charge in [0.1, 0.15) is 0 Å². The molecule has 0 aromatic heterocycles. The van der Waals surface area contributed by atoms with Crippen LogP contribution in [0.2, 0.25) is 0 Å². The minimum absolute atomic E-state index is 0.203.